The van der Waals surface area contributed by atoms with Crippen molar-refractivity contribution in [2.45, 2.75) is 26.4 Å². The zero-order chi connectivity index (χ0) is 16.7. The van der Waals surface area contributed by atoms with E-state index < -0.39 is 0 Å². The van der Waals surface area contributed by atoms with Gasteiger partial charge in [0.1, 0.15) is 11.9 Å². The quantitative estimate of drug-likeness (QED) is 0.575. The first-order valence-corrected chi connectivity index (χ1v) is 8.29. The highest BCUT2D eigenvalue weighted by atomic mass is 16.5. The van der Waals surface area contributed by atoms with Gasteiger partial charge in [0.25, 0.3) is 0 Å². The van der Waals surface area contributed by atoms with Crippen LogP contribution in [0.4, 0.5) is 0 Å². The van der Waals surface area contributed by atoms with Gasteiger partial charge in [0.2, 0.25) is 0 Å². The highest BCUT2D eigenvalue weighted by molar-refractivity contribution is 5.88. The summed E-state index contributed by atoms with van der Waals surface area (Å²) in [5, 5.41) is 1.21. The number of aromatic nitrogens is 3. The first-order chi connectivity index (χ1) is 11.7. The lowest BCUT2D eigenvalue weighted by atomic mass is 9.93. The standard InChI is InChI=1S/C20H21N3O/c1-4-13-11-12(2)18-14(9-10-21-18)17(13)19(24-3)20-22-15-7-5-6-8-16(15)23-20/h5-11,19,21H,4H2,1-3H3,(H,22,23). The number of benzene rings is 2. The molecule has 0 fully saturated rings. The first-order valence-electron chi connectivity index (χ1n) is 8.29. The van der Waals surface area contributed by atoms with Gasteiger partial charge in [-0.15, -0.1) is 0 Å². The maximum absolute atomic E-state index is 5.90. The molecular weight excluding hydrogens is 298 g/mol. The molecule has 0 spiro atoms. The molecule has 2 N–H and O–H groups in total. The molecule has 2 aromatic carbocycles. The second kappa shape index (κ2) is 5.80. The van der Waals surface area contributed by atoms with Crippen molar-refractivity contribution in [1.29, 1.82) is 0 Å². The van der Waals surface area contributed by atoms with Gasteiger partial charge in [0.05, 0.1) is 11.0 Å². The molecule has 4 rings (SSSR count). The number of rotatable bonds is 4. The molecule has 4 aromatic rings. The van der Waals surface area contributed by atoms with Crippen molar-refractivity contribution in [2.75, 3.05) is 7.11 Å². The Morgan fingerprint density at radius 3 is 2.79 bits per heavy atom. The van der Waals surface area contributed by atoms with Crippen molar-refractivity contribution in [1.82, 2.24) is 15.0 Å². The Balaban J connectivity index is 1.96. The van der Waals surface area contributed by atoms with Gasteiger partial charge in [-0.1, -0.05) is 25.1 Å². The van der Waals surface area contributed by atoms with Crippen LogP contribution in [-0.2, 0) is 11.2 Å². The highest BCUT2D eigenvalue weighted by Crippen LogP contribution is 2.35. The van der Waals surface area contributed by atoms with Crippen LogP contribution in [0.15, 0.2) is 42.6 Å². The first kappa shape index (κ1) is 15.0. The van der Waals surface area contributed by atoms with E-state index in [9.17, 15) is 0 Å². The Morgan fingerprint density at radius 1 is 1.21 bits per heavy atom. The second-order valence-electron chi connectivity index (χ2n) is 6.14. The number of hydrogen-bond donors (Lipinski definition) is 2. The van der Waals surface area contributed by atoms with E-state index in [1.165, 1.54) is 27.6 Å². The second-order valence-corrected chi connectivity index (χ2v) is 6.14. The lowest BCUT2D eigenvalue weighted by Crippen LogP contribution is -2.09. The van der Waals surface area contributed by atoms with E-state index in [-0.39, 0.29) is 6.10 Å². The van der Waals surface area contributed by atoms with E-state index in [1.807, 2.05) is 30.5 Å². The fourth-order valence-electron chi connectivity index (χ4n) is 3.57. The Kier molecular flexibility index (Phi) is 3.62. The number of nitrogens with zero attached hydrogens (tertiary/aromatic N) is 1. The van der Waals surface area contributed by atoms with Gasteiger partial charge in [0.15, 0.2) is 0 Å². The molecule has 4 heteroatoms. The number of fused-ring (bicyclic) bond motifs is 2. The monoisotopic (exact) mass is 319 g/mol. The van der Waals surface area contributed by atoms with Crippen LogP contribution in [0.2, 0.25) is 0 Å². The van der Waals surface area contributed by atoms with Crippen LogP contribution in [-0.4, -0.2) is 22.1 Å². The van der Waals surface area contributed by atoms with Gasteiger partial charge >= 0.3 is 0 Å². The minimum Gasteiger partial charge on any atom is -0.369 e. The van der Waals surface area contributed by atoms with Gasteiger partial charge in [-0.05, 0) is 42.7 Å². The Labute approximate surface area is 140 Å². The Hall–Kier alpha value is -2.59. The largest absolute Gasteiger partial charge is 0.369 e. The average molecular weight is 319 g/mol. The molecule has 1 unspecified atom stereocenters. The molecule has 0 saturated carbocycles. The molecule has 0 aliphatic carbocycles. The van der Waals surface area contributed by atoms with E-state index in [0.717, 1.165) is 23.3 Å². The minimum absolute atomic E-state index is 0.216. The van der Waals surface area contributed by atoms with Crippen LogP contribution in [0.25, 0.3) is 21.9 Å². The molecule has 0 aliphatic heterocycles. The molecule has 2 heterocycles. The molecule has 2 aromatic heterocycles. The number of hydrogen-bond acceptors (Lipinski definition) is 2. The summed E-state index contributed by atoms with van der Waals surface area (Å²) in [6, 6.07) is 12.5. The summed E-state index contributed by atoms with van der Waals surface area (Å²) in [4.78, 5) is 11.5. The Bertz CT molecular complexity index is 979. The molecule has 24 heavy (non-hydrogen) atoms. The van der Waals surface area contributed by atoms with Crippen molar-refractivity contribution in [2.24, 2.45) is 0 Å². The molecule has 122 valence electrons. The van der Waals surface area contributed by atoms with Crippen molar-refractivity contribution in [3.63, 3.8) is 0 Å². The third kappa shape index (κ3) is 2.22. The highest BCUT2D eigenvalue weighted by Gasteiger charge is 2.23. The third-order valence-electron chi connectivity index (χ3n) is 4.70. The predicted octanol–water partition coefficient (Wildman–Crippen LogP) is 4.65. The van der Waals surface area contributed by atoms with Crippen molar-refractivity contribution < 1.29 is 4.74 Å². The van der Waals surface area contributed by atoms with E-state index in [0.29, 0.717) is 0 Å². The lowest BCUT2D eigenvalue weighted by molar-refractivity contribution is 0.130. The van der Waals surface area contributed by atoms with Gasteiger partial charge in [-0.25, -0.2) is 4.98 Å². The van der Waals surface area contributed by atoms with Crippen molar-refractivity contribution in [3.05, 3.63) is 65.1 Å². The average Bonchev–Trinajstić information content (AvgIpc) is 3.23. The fourth-order valence-corrected chi connectivity index (χ4v) is 3.57. The van der Waals surface area contributed by atoms with Crippen molar-refractivity contribution >= 4 is 21.9 Å². The zero-order valence-corrected chi connectivity index (χ0v) is 14.2. The summed E-state index contributed by atoms with van der Waals surface area (Å²) < 4.78 is 5.90. The number of H-pyrrole nitrogens is 2. The number of aromatic amines is 2. The van der Waals surface area contributed by atoms with Crippen LogP contribution in [0.3, 0.4) is 0 Å². The summed E-state index contributed by atoms with van der Waals surface area (Å²) >= 11 is 0. The van der Waals surface area contributed by atoms with Gasteiger partial charge in [-0.3, -0.25) is 0 Å². The smallest absolute Gasteiger partial charge is 0.141 e. The number of ether oxygens (including phenoxy) is 1. The topological polar surface area (TPSA) is 53.7 Å². The van der Waals surface area contributed by atoms with Crippen LogP contribution in [0.5, 0.6) is 0 Å². The predicted molar refractivity (Wildman–Crippen MR) is 97.4 cm³/mol. The van der Waals surface area contributed by atoms with Crippen LogP contribution >= 0.6 is 0 Å². The number of aryl methyl sites for hydroxylation is 2. The zero-order valence-electron chi connectivity index (χ0n) is 14.2. The third-order valence-corrected chi connectivity index (χ3v) is 4.70. The van der Waals surface area contributed by atoms with Crippen LogP contribution < -0.4 is 0 Å². The fraction of sp³-hybridized carbons (Fsp3) is 0.250. The van der Waals surface area contributed by atoms with Gasteiger partial charge < -0.3 is 14.7 Å². The molecule has 0 aliphatic rings. The van der Waals surface area contributed by atoms with E-state index >= 15 is 0 Å². The molecule has 0 bridgehead atoms. The van der Waals surface area contributed by atoms with E-state index in [1.54, 1.807) is 7.11 Å². The number of para-hydroxylation sites is 2. The van der Waals surface area contributed by atoms with E-state index in [4.69, 9.17) is 9.72 Å². The van der Waals surface area contributed by atoms with E-state index in [2.05, 4.69) is 35.9 Å². The van der Waals surface area contributed by atoms with Crippen molar-refractivity contribution in [3.8, 4) is 0 Å². The molecule has 0 amide bonds. The molecule has 4 nitrogen and oxygen atoms in total. The summed E-state index contributed by atoms with van der Waals surface area (Å²) in [5.41, 5.74) is 6.92. The SMILES string of the molecule is CCc1cc(C)c2[nH]ccc2c1C(OC)c1nc2ccccc2[nH]1. The summed E-state index contributed by atoms with van der Waals surface area (Å²) in [6.07, 6.45) is 2.73. The van der Waals surface area contributed by atoms with Gasteiger partial charge in [0, 0.05) is 29.8 Å². The summed E-state index contributed by atoms with van der Waals surface area (Å²) in [6.45, 7) is 4.33. The van der Waals surface area contributed by atoms with Gasteiger partial charge in [-0.2, -0.15) is 0 Å². The molecular formula is C20H21N3O. The normalized spacial score (nSPS) is 13.0. The number of methoxy groups -OCH3 is 1. The number of nitrogens with one attached hydrogen (secondary N) is 2. The summed E-state index contributed by atoms with van der Waals surface area (Å²) in [5.74, 6) is 0.847. The minimum atomic E-state index is -0.216. The molecule has 1 atom stereocenters. The molecule has 0 radical (unpaired) electrons. The van der Waals surface area contributed by atoms with Crippen LogP contribution in [0.1, 0.15) is 35.5 Å². The Morgan fingerprint density at radius 2 is 2.04 bits per heavy atom. The van der Waals surface area contributed by atoms with Crippen LogP contribution in [0, 0.1) is 6.92 Å². The number of imidazole rings is 1. The lowest BCUT2D eigenvalue weighted by Gasteiger charge is -2.19. The maximum atomic E-state index is 5.90. The maximum Gasteiger partial charge on any atom is 0.141 e. The molecule has 0 saturated heterocycles. The summed E-state index contributed by atoms with van der Waals surface area (Å²) in [7, 11) is 1.75.